The van der Waals surface area contributed by atoms with E-state index in [0.717, 1.165) is 22.1 Å². The van der Waals surface area contributed by atoms with Crippen molar-refractivity contribution in [2.45, 2.75) is 20.4 Å². The van der Waals surface area contributed by atoms with Crippen LogP contribution in [-0.2, 0) is 6.54 Å². The van der Waals surface area contributed by atoms with Gasteiger partial charge in [0.25, 0.3) is 0 Å². The van der Waals surface area contributed by atoms with Gasteiger partial charge in [0, 0.05) is 11.9 Å². The number of benzene rings is 2. The minimum atomic E-state index is -0.395. The largest absolute Gasteiger partial charge is 0.493 e. The molecule has 1 amide bonds. The number of hydrogen-bond donors (Lipinski definition) is 0. The lowest BCUT2D eigenvalue weighted by Crippen LogP contribution is -2.15. The molecular weight excluding hydrogens is 348 g/mol. The lowest BCUT2D eigenvalue weighted by molar-refractivity contribution is 0.0973. The third-order valence-electron chi connectivity index (χ3n) is 4.29. The molecule has 2 aromatic heterocycles. The highest BCUT2D eigenvalue weighted by Crippen LogP contribution is 2.28. The van der Waals surface area contributed by atoms with E-state index in [1.165, 1.54) is 16.9 Å². The Morgan fingerprint density at radius 1 is 1.27 bits per heavy atom. The maximum Gasteiger partial charge on any atom is 0.315 e. The Morgan fingerprint density at radius 2 is 2.12 bits per heavy atom. The summed E-state index contributed by atoms with van der Waals surface area (Å²) in [5, 5.41) is 0.818. The molecule has 4 rings (SSSR count). The maximum atomic E-state index is 12.7. The fraction of sp³-hybridized carbons (Fsp3) is 0.200. The molecule has 6 heteroatoms. The Bertz CT molecular complexity index is 1200. The summed E-state index contributed by atoms with van der Waals surface area (Å²) in [7, 11) is 1.58. The summed E-state index contributed by atoms with van der Waals surface area (Å²) < 4.78 is 14.2. The maximum absolute atomic E-state index is 12.7. The zero-order chi connectivity index (χ0) is 18.3. The van der Waals surface area contributed by atoms with Crippen LogP contribution in [0, 0.1) is 6.92 Å². The topological polar surface area (TPSA) is 56.7 Å². The number of furan rings is 1. The van der Waals surface area contributed by atoms with Gasteiger partial charge in [0.2, 0.25) is 0 Å². The number of carbonyl (C=O) groups excluding carboxylic acids is 1. The lowest BCUT2D eigenvalue weighted by atomic mass is 10.2. The highest BCUT2D eigenvalue weighted by atomic mass is 32.1. The number of aryl methyl sites for hydroxylation is 2. The average molecular weight is 366 g/mol. The van der Waals surface area contributed by atoms with Crippen molar-refractivity contribution in [3.05, 3.63) is 58.6 Å². The number of para-hydroxylation sites is 1. The van der Waals surface area contributed by atoms with Crippen LogP contribution in [0.5, 0.6) is 5.75 Å². The molecule has 0 aliphatic heterocycles. The lowest BCUT2D eigenvalue weighted by Gasteiger charge is -2.00. The normalized spacial score (nSPS) is 12.2. The smallest absolute Gasteiger partial charge is 0.315 e. The van der Waals surface area contributed by atoms with Gasteiger partial charge < -0.3 is 13.7 Å². The van der Waals surface area contributed by atoms with E-state index in [0.29, 0.717) is 16.1 Å². The van der Waals surface area contributed by atoms with Gasteiger partial charge in [-0.15, -0.1) is 0 Å². The molecule has 0 bridgehead atoms. The first kappa shape index (κ1) is 16.6. The van der Waals surface area contributed by atoms with Crippen LogP contribution in [0.25, 0.3) is 21.2 Å². The standard InChI is InChI=1S/C20H18N2O3S/c1-4-22-14-9-8-12(2)10-17(14)26-20(22)21-19(23)16-11-13-6-5-7-15(24-3)18(13)25-16/h5-11H,4H2,1-3H3. The van der Waals surface area contributed by atoms with Crippen LogP contribution in [0.1, 0.15) is 23.0 Å². The summed E-state index contributed by atoms with van der Waals surface area (Å²) in [6.45, 7) is 4.84. The van der Waals surface area contributed by atoms with Gasteiger partial charge in [-0.2, -0.15) is 4.99 Å². The van der Waals surface area contributed by atoms with Crippen LogP contribution in [0.3, 0.4) is 0 Å². The molecule has 0 fully saturated rings. The van der Waals surface area contributed by atoms with Crippen molar-refractivity contribution in [3.63, 3.8) is 0 Å². The molecule has 26 heavy (non-hydrogen) atoms. The predicted molar refractivity (Wildman–Crippen MR) is 103 cm³/mol. The fourth-order valence-corrected chi connectivity index (χ4v) is 4.21. The van der Waals surface area contributed by atoms with Crippen molar-refractivity contribution in [3.8, 4) is 5.75 Å². The number of aromatic nitrogens is 1. The van der Waals surface area contributed by atoms with Crippen molar-refractivity contribution in [1.82, 2.24) is 4.57 Å². The van der Waals surface area contributed by atoms with Crippen LogP contribution in [0.2, 0.25) is 0 Å². The molecule has 0 spiro atoms. The summed E-state index contributed by atoms with van der Waals surface area (Å²) in [5.74, 6) is 0.414. The molecule has 0 saturated carbocycles. The summed E-state index contributed by atoms with van der Waals surface area (Å²) in [4.78, 5) is 17.7. The molecule has 2 aromatic carbocycles. The summed E-state index contributed by atoms with van der Waals surface area (Å²) >= 11 is 1.51. The SMILES string of the molecule is CCn1c(=NC(=O)c2cc3cccc(OC)c3o2)sc2cc(C)ccc21. The van der Waals surface area contributed by atoms with Crippen LogP contribution < -0.4 is 9.54 Å². The Morgan fingerprint density at radius 3 is 2.88 bits per heavy atom. The van der Waals surface area contributed by atoms with E-state index < -0.39 is 5.91 Å². The van der Waals surface area contributed by atoms with Crippen LogP contribution >= 0.6 is 11.3 Å². The van der Waals surface area contributed by atoms with E-state index in [9.17, 15) is 4.79 Å². The molecule has 0 saturated heterocycles. The zero-order valence-corrected chi connectivity index (χ0v) is 15.6. The van der Waals surface area contributed by atoms with Gasteiger partial charge in [0.05, 0.1) is 17.3 Å². The number of hydrogen-bond acceptors (Lipinski definition) is 4. The first-order valence-corrected chi connectivity index (χ1v) is 9.18. The summed E-state index contributed by atoms with van der Waals surface area (Å²) in [5.41, 5.74) is 2.83. The first-order valence-electron chi connectivity index (χ1n) is 8.36. The zero-order valence-electron chi connectivity index (χ0n) is 14.8. The Hall–Kier alpha value is -2.86. The predicted octanol–water partition coefficient (Wildman–Crippen LogP) is 4.53. The minimum Gasteiger partial charge on any atom is -0.493 e. The molecular formula is C20H18N2O3S. The minimum absolute atomic E-state index is 0.209. The molecule has 0 aliphatic carbocycles. The third-order valence-corrected chi connectivity index (χ3v) is 5.33. The van der Waals surface area contributed by atoms with E-state index in [4.69, 9.17) is 9.15 Å². The number of thiazole rings is 1. The van der Waals surface area contributed by atoms with Gasteiger partial charge in [-0.3, -0.25) is 4.79 Å². The third kappa shape index (κ3) is 2.72. The Balaban J connectivity index is 1.83. The second kappa shape index (κ2) is 6.46. The van der Waals surface area contributed by atoms with Gasteiger partial charge in [-0.25, -0.2) is 0 Å². The molecule has 132 valence electrons. The Labute approximate surface area is 154 Å². The van der Waals surface area contributed by atoms with E-state index in [1.807, 2.05) is 23.6 Å². The van der Waals surface area contributed by atoms with Crippen molar-refractivity contribution in [2.24, 2.45) is 4.99 Å². The monoisotopic (exact) mass is 366 g/mol. The number of carbonyl (C=O) groups is 1. The van der Waals surface area contributed by atoms with Crippen molar-refractivity contribution < 1.29 is 13.9 Å². The van der Waals surface area contributed by atoms with Crippen LogP contribution in [0.4, 0.5) is 0 Å². The molecule has 5 nitrogen and oxygen atoms in total. The molecule has 0 N–H and O–H groups in total. The van der Waals surface area contributed by atoms with Crippen LogP contribution in [0.15, 0.2) is 51.9 Å². The second-order valence-electron chi connectivity index (χ2n) is 6.01. The number of ether oxygens (including phenoxy) is 1. The van der Waals surface area contributed by atoms with Gasteiger partial charge in [0.1, 0.15) is 0 Å². The van der Waals surface area contributed by atoms with Gasteiger partial charge in [-0.1, -0.05) is 29.5 Å². The number of fused-ring (bicyclic) bond motifs is 2. The van der Waals surface area contributed by atoms with Gasteiger partial charge >= 0.3 is 5.91 Å². The second-order valence-corrected chi connectivity index (χ2v) is 7.02. The van der Waals surface area contributed by atoms with E-state index in [1.54, 1.807) is 19.2 Å². The molecule has 0 atom stereocenters. The summed E-state index contributed by atoms with van der Waals surface area (Å²) in [6.07, 6.45) is 0. The number of methoxy groups -OCH3 is 1. The molecule has 0 radical (unpaired) electrons. The Kier molecular flexibility index (Phi) is 4.12. The highest BCUT2D eigenvalue weighted by molar-refractivity contribution is 7.16. The van der Waals surface area contributed by atoms with Gasteiger partial charge in [0.15, 0.2) is 21.9 Å². The van der Waals surface area contributed by atoms with Crippen LogP contribution in [-0.4, -0.2) is 17.6 Å². The van der Waals surface area contributed by atoms with Crippen molar-refractivity contribution in [2.75, 3.05) is 7.11 Å². The quantitative estimate of drug-likeness (QED) is 0.535. The van der Waals surface area contributed by atoms with E-state index >= 15 is 0 Å². The first-order chi connectivity index (χ1) is 12.6. The fourth-order valence-electron chi connectivity index (χ4n) is 3.02. The van der Waals surface area contributed by atoms with Gasteiger partial charge in [-0.05, 0) is 43.7 Å². The van der Waals surface area contributed by atoms with E-state index in [2.05, 4.69) is 30.1 Å². The molecule has 0 aliphatic rings. The number of amides is 1. The number of nitrogens with zero attached hydrogens (tertiary/aromatic N) is 2. The average Bonchev–Trinajstić information content (AvgIpc) is 3.21. The van der Waals surface area contributed by atoms with Crippen molar-refractivity contribution in [1.29, 1.82) is 0 Å². The highest BCUT2D eigenvalue weighted by Gasteiger charge is 2.15. The van der Waals surface area contributed by atoms with E-state index in [-0.39, 0.29) is 5.76 Å². The summed E-state index contributed by atoms with van der Waals surface area (Å²) in [6, 6.07) is 13.5. The number of rotatable bonds is 3. The van der Waals surface area contributed by atoms with Crippen molar-refractivity contribution >= 4 is 38.4 Å². The molecule has 4 aromatic rings. The molecule has 2 heterocycles. The molecule has 0 unspecified atom stereocenters.